The summed E-state index contributed by atoms with van der Waals surface area (Å²) in [5, 5.41) is 5.77. The Labute approximate surface area is 179 Å². The Morgan fingerprint density at radius 2 is 1.67 bits per heavy atom. The number of benzene rings is 2. The van der Waals surface area contributed by atoms with Gasteiger partial charge in [0.1, 0.15) is 0 Å². The van der Waals surface area contributed by atoms with Gasteiger partial charge in [-0.2, -0.15) is 0 Å². The molecule has 30 heavy (non-hydrogen) atoms. The summed E-state index contributed by atoms with van der Waals surface area (Å²) in [7, 11) is 0. The fourth-order valence-corrected chi connectivity index (χ4v) is 3.94. The molecule has 6 heteroatoms. The largest absolute Gasteiger partial charge is 0.371 e. The van der Waals surface area contributed by atoms with Crippen LogP contribution in [0.3, 0.4) is 0 Å². The molecule has 0 radical (unpaired) electrons. The maximum Gasteiger partial charge on any atom is 0.323 e. The molecule has 3 amide bonds. The number of carbonyl (C=O) groups is 2. The van der Waals surface area contributed by atoms with Crippen LogP contribution in [-0.4, -0.2) is 43.0 Å². The van der Waals surface area contributed by atoms with Gasteiger partial charge in [-0.25, -0.2) is 4.79 Å². The lowest BCUT2D eigenvalue weighted by Gasteiger charge is -2.25. The minimum atomic E-state index is -0.322. The van der Waals surface area contributed by atoms with Crippen LogP contribution in [0.1, 0.15) is 48.2 Å². The van der Waals surface area contributed by atoms with Gasteiger partial charge in [0.25, 0.3) is 5.91 Å². The Balaban J connectivity index is 1.83. The third-order valence-corrected chi connectivity index (χ3v) is 5.61. The third-order valence-electron chi connectivity index (χ3n) is 5.61. The summed E-state index contributed by atoms with van der Waals surface area (Å²) in [4.78, 5) is 29.8. The van der Waals surface area contributed by atoms with Crippen molar-refractivity contribution in [3.05, 3.63) is 53.1 Å². The monoisotopic (exact) mass is 408 g/mol. The quantitative estimate of drug-likeness (QED) is 0.705. The topological polar surface area (TPSA) is 64.7 Å². The molecule has 2 N–H and O–H groups in total. The highest BCUT2D eigenvalue weighted by atomic mass is 16.2. The van der Waals surface area contributed by atoms with Gasteiger partial charge >= 0.3 is 6.03 Å². The number of amides is 3. The molecule has 0 saturated carbocycles. The zero-order chi connectivity index (χ0) is 21.7. The lowest BCUT2D eigenvalue weighted by molar-refractivity contribution is 0.0773. The number of hydrogen-bond donors (Lipinski definition) is 2. The normalized spacial score (nSPS) is 13.3. The molecule has 1 fully saturated rings. The zero-order valence-corrected chi connectivity index (χ0v) is 18.4. The van der Waals surface area contributed by atoms with E-state index >= 15 is 0 Å². The number of aryl methyl sites for hydroxylation is 2. The lowest BCUT2D eigenvalue weighted by atomic mass is 10.1. The van der Waals surface area contributed by atoms with E-state index in [1.165, 1.54) is 0 Å². The van der Waals surface area contributed by atoms with E-state index < -0.39 is 0 Å². The predicted octanol–water partition coefficient (Wildman–Crippen LogP) is 5.03. The third kappa shape index (κ3) is 4.93. The fourth-order valence-electron chi connectivity index (χ4n) is 3.94. The number of carbonyl (C=O) groups excluding carboxylic acids is 2. The van der Waals surface area contributed by atoms with Crippen molar-refractivity contribution in [3.8, 4) is 0 Å². The van der Waals surface area contributed by atoms with Crippen LogP contribution in [0, 0.1) is 13.8 Å². The van der Waals surface area contributed by atoms with Gasteiger partial charge < -0.3 is 20.4 Å². The highest BCUT2D eigenvalue weighted by molar-refractivity contribution is 6.04. The van der Waals surface area contributed by atoms with Gasteiger partial charge in [0.05, 0.1) is 5.56 Å². The van der Waals surface area contributed by atoms with Crippen molar-refractivity contribution in [2.45, 2.75) is 40.5 Å². The molecule has 2 aromatic carbocycles. The van der Waals surface area contributed by atoms with E-state index in [0.717, 1.165) is 48.4 Å². The molecule has 1 aliphatic rings. The SMILES string of the molecule is CCN(CC)C(=O)c1cc(NC(=O)Nc2ccc(C)cc2C)ccc1N1CCCC1. The molecular formula is C24H32N4O2. The molecule has 1 heterocycles. The van der Waals surface area contributed by atoms with E-state index in [9.17, 15) is 9.59 Å². The van der Waals surface area contributed by atoms with Gasteiger partial charge in [-0.05, 0) is 70.4 Å². The first-order chi connectivity index (χ1) is 14.4. The molecule has 0 atom stereocenters. The summed E-state index contributed by atoms with van der Waals surface area (Å²) >= 11 is 0. The second-order valence-corrected chi connectivity index (χ2v) is 7.80. The second-order valence-electron chi connectivity index (χ2n) is 7.80. The van der Waals surface area contributed by atoms with Crippen LogP contribution in [0.4, 0.5) is 21.9 Å². The Morgan fingerprint density at radius 1 is 0.967 bits per heavy atom. The molecule has 6 nitrogen and oxygen atoms in total. The van der Waals surface area contributed by atoms with Crippen molar-refractivity contribution < 1.29 is 9.59 Å². The maximum absolute atomic E-state index is 13.2. The van der Waals surface area contributed by atoms with E-state index in [1.54, 1.807) is 6.07 Å². The first-order valence-corrected chi connectivity index (χ1v) is 10.8. The van der Waals surface area contributed by atoms with Crippen LogP contribution >= 0.6 is 0 Å². The van der Waals surface area contributed by atoms with Crippen LogP contribution in [0.5, 0.6) is 0 Å². The highest BCUT2D eigenvalue weighted by Crippen LogP contribution is 2.29. The number of anilines is 3. The molecule has 0 unspecified atom stereocenters. The maximum atomic E-state index is 13.2. The first kappa shape index (κ1) is 21.7. The van der Waals surface area contributed by atoms with Gasteiger partial charge in [-0.15, -0.1) is 0 Å². The molecule has 0 aromatic heterocycles. The molecule has 160 valence electrons. The number of rotatable bonds is 6. The Morgan fingerprint density at radius 3 is 2.30 bits per heavy atom. The van der Waals surface area contributed by atoms with Crippen LogP contribution in [0.15, 0.2) is 36.4 Å². The van der Waals surface area contributed by atoms with Crippen molar-refractivity contribution >= 4 is 29.0 Å². The van der Waals surface area contributed by atoms with E-state index in [1.807, 2.05) is 62.9 Å². The Hall–Kier alpha value is -3.02. The predicted molar refractivity (Wildman–Crippen MR) is 124 cm³/mol. The summed E-state index contributed by atoms with van der Waals surface area (Å²) in [6.07, 6.45) is 2.27. The van der Waals surface area contributed by atoms with Crippen LogP contribution < -0.4 is 15.5 Å². The standard InChI is InChI=1S/C24H32N4O2/c1-5-27(6-2)23(29)20-16-19(10-12-22(20)28-13-7-8-14-28)25-24(30)26-21-11-9-17(3)15-18(21)4/h9-12,15-16H,5-8,13-14H2,1-4H3,(H2,25,26,30). The van der Waals surface area contributed by atoms with Gasteiger partial charge in [0.15, 0.2) is 0 Å². The average molecular weight is 409 g/mol. The molecule has 2 aromatic rings. The van der Waals surface area contributed by atoms with Gasteiger partial charge in [0.2, 0.25) is 0 Å². The van der Waals surface area contributed by atoms with Crippen molar-refractivity contribution in [1.29, 1.82) is 0 Å². The van der Waals surface area contributed by atoms with Crippen LogP contribution in [0.25, 0.3) is 0 Å². The Bertz CT molecular complexity index is 915. The summed E-state index contributed by atoms with van der Waals surface area (Å²) in [5.74, 6) is 0.000312. The van der Waals surface area contributed by atoms with Crippen LogP contribution in [-0.2, 0) is 0 Å². The molecule has 1 aliphatic heterocycles. The van der Waals surface area contributed by atoms with E-state index in [2.05, 4.69) is 15.5 Å². The minimum Gasteiger partial charge on any atom is -0.371 e. The van der Waals surface area contributed by atoms with Gasteiger partial charge in [-0.1, -0.05) is 17.7 Å². The molecule has 0 aliphatic carbocycles. The molecular weight excluding hydrogens is 376 g/mol. The number of nitrogens with zero attached hydrogens (tertiary/aromatic N) is 2. The number of urea groups is 1. The lowest BCUT2D eigenvalue weighted by Crippen LogP contribution is -2.32. The smallest absolute Gasteiger partial charge is 0.323 e. The number of hydrogen-bond acceptors (Lipinski definition) is 3. The molecule has 0 bridgehead atoms. The Kier molecular flexibility index (Phi) is 6.98. The molecule has 3 rings (SSSR count). The van der Waals surface area contributed by atoms with Gasteiger partial charge in [-0.3, -0.25) is 4.79 Å². The van der Waals surface area contributed by atoms with E-state index in [4.69, 9.17) is 0 Å². The van der Waals surface area contributed by atoms with E-state index in [-0.39, 0.29) is 11.9 Å². The van der Waals surface area contributed by atoms with Crippen molar-refractivity contribution in [3.63, 3.8) is 0 Å². The first-order valence-electron chi connectivity index (χ1n) is 10.8. The summed E-state index contributed by atoms with van der Waals surface area (Å²) in [6, 6.07) is 11.2. The summed E-state index contributed by atoms with van der Waals surface area (Å²) in [6.45, 7) is 11.2. The average Bonchev–Trinajstić information content (AvgIpc) is 3.25. The van der Waals surface area contributed by atoms with Crippen molar-refractivity contribution in [2.24, 2.45) is 0 Å². The van der Waals surface area contributed by atoms with Gasteiger partial charge in [0, 0.05) is 43.2 Å². The second kappa shape index (κ2) is 9.65. The van der Waals surface area contributed by atoms with Crippen molar-refractivity contribution in [2.75, 3.05) is 41.7 Å². The fraction of sp³-hybridized carbons (Fsp3) is 0.417. The van der Waals surface area contributed by atoms with Crippen molar-refractivity contribution in [1.82, 2.24) is 4.90 Å². The van der Waals surface area contributed by atoms with Crippen LogP contribution in [0.2, 0.25) is 0 Å². The highest BCUT2D eigenvalue weighted by Gasteiger charge is 2.23. The summed E-state index contributed by atoms with van der Waals surface area (Å²) in [5.41, 5.74) is 5.12. The summed E-state index contributed by atoms with van der Waals surface area (Å²) < 4.78 is 0. The van der Waals surface area contributed by atoms with E-state index in [0.29, 0.717) is 24.3 Å². The molecule has 0 spiro atoms. The zero-order valence-electron chi connectivity index (χ0n) is 18.4. The molecule has 1 saturated heterocycles. The number of nitrogens with one attached hydrogen (secondary N) is 2. The minimum absolute atomic E-state index is 0.000312.